The van der Waals surface area contributed by atoms with Crippen molar-refractivity contribution in [3.63, 3.8) is 0 Å². The zero-order valence-corrected chi connectivity index (χ0v) is 13.4. The molecule has 1 heterocycles. The van der Waals surface area contributed by atoms with Crippen LogP contribution in [0.4, 0.5) is 0 Å². The number of allylic oxidation sites excluding steroid dienone is 1. The average Bonchev–Trinajstić information content (AvgIpc) is 2.55. The Labute approximate surface area is 132 Å². The molecular weight excluding hydrogens is 278 g/mol. The van der Waals surface area contributed by atoms with Crippen LogP contribution in [-0.2, 0) is 11.2 Å². The van der Waals surface area contributed by atoms with E-state index in [4.69, 9.17) is 9.84 Å². The third-order valence-electron chi connectivity index (χ3n) is 4.22. The molecule has 0 saturated carbocycles. The second-order valence-electron chi connectivity index (χ2n) is 5.93. The van der Waals surface area contributed by atoms with Crippen LogP contribution in [0.5, 0.6) is 5.75 Å². The third-order valence-corrected chi connectivity index (χ3v) is 4.22. The van der Waals surface area contributed by atoms with Crippen molar-refractivity contribution in [2.24, 2.45) is 5.92 Å². The van der Waals surface area contributed by atoms with Crippen molar-refractivity contribution in [2.45, 2.75) is 26.2 Å². The first-order valence-electron chi connectivity index (χ1n) is 7.83. The zero-order chi connectivity index (χ0) is 15.9. The number of hydrogen-bond donors (Lipinski definition) is 1. The van der Waals surface area contributed by atoms with Gasteiger partial charge in [0.2, 0.25) is 5.91 Å². The Kier molecular flexibility index (Phi) is 6.01. The highest BCUT2D eigenvalue weighted by atomic mass is 16.5. The fraction of sp³-hybridized carbons (Fsp3) is 0.500. The Bertz CT molecular complexity index is 531. The molecule has 0 unspecified atom stereocenters. The number of carbonyl (C=O) groups is 1. The van der Waals surface area contributed by atoms with Crippen molar-refractivity contribution in [2.75, 3.05) is 26.8 Å². The van der Waals surface area contributed by atoms with Gasteiger partial charge in [-0.2, -0.15) is 0 Å². The normalized spacial score (nSPS) is 16.7. The van der Waals surface area contributed by atoms with E-state index >= 15 is 0 Å². The van der Waals surface area contributed by atoms with Crippen molar-refractivity contribution in [3.8, 4) is 5.75 Å². The molecule has 2 rings (SSSR count). The number of methoxy groups -OCH3 is 1. The van der Waals surface area contributed by atoms with E-state index in [0.29, 0.717) is 12.3 Å². The van der Waals surface area contributed by atoms with Crippen LogP contribution < -0.4 is 4.74 Å². The molecule has 1 aromatic carbocycles. The summed E-state index contributed by atoms with van der Waals surface area (Å²) in [4.78, 5) is 14.2. The number of likely N-dealkylation sites (tertiary alicyclic amines) is 1. The van der Waals surface area contributed by atoms with Crippen LogP contribution in [0.15, 0.2) is 35.9 Å². The van der Waals surface area contributed by atoms with E-state index in [1.54, 1.807) is 13.2 Å². The van der Waals surface area contributed by atoms with Gasteiger partial charge in [-0.15, -0.1) is 0 Å². The van der Waals surface area contributed by atoms with E-state index in [-0.39, 0.29) is 12.5 Å². The van der Waals surface area contributed by atoms with Gasteiger partial charge < -0.3 is 14.7 Å². The number of hydrogen-bond acceptors (Lipinski definition) is 3. The van der Waals surface area contributed by atoms with Crippen LogP contribution in [0.1, 0.15) is 25.3 Å². The van der Waals surface area contributed by atoms with Crippen molar-refractivity contribution >= 4 is 5.91 Å². The smallest absolute Gasteiger partial charge is 0.246 e. The Hall–Kier alpha value is -1.81. The van der Waals surface area contributed by atoms with Crippen LogP contribution in [0.2, 0.25) is 0 Å². The lowest BCUT2D eigenvalue weighted by Gasteiger charge is -2.30. The summed E-state index contributed by atoms with van der Waals surface area (Å²) in [6, 6.07) is 7.88. The van der Waals surface area contributed by atoms with Crippen molar-refractivity contribution in [1.82, 2.24) is 4.90 Å². The van der Waals surface area contributed by atoms with Gasteiger partial charge in [0, 0.05) is 25.8 Å². The first kappa shape index (κ1) is 16.6. The van der Waals surface area contributed by atoms with Crippen LogP contribution >= 0.6 is 0 Å². The van der Waals surface area contributed by atoms with Gasteiger partial charge in [0.05, 0.1) is 7.11 Å². The second kappa shape index (κ2) is 7.99. The molecule has 4 heteroatoms. The number of aliphatic hydroxyl groups is 1. The number of amides is 1. The van der Waals surface area contributed by atoms with Crippen LogP contribution in [0.25, 0.3) is 0 Å². The molecule has 1 fully saturated rings. The predicted molar refractivity (Wildman–Crippen MR) is 86.8 cm³/mol. The van der Waals surface area contributed by atoms with Crippen molar-refractivity contribution < 1.29 is 14.6 Å². The van der Waals surface area contributed by atoms with E-state index in [1.807, 2.05) is 36.1 Å². The number of rotatable bonds is 5. The number of piperidine rings is 1. The minimum Gasteiger partial charge on any atom is -0.496 e. The number of ether oxygens (including phenoxy) is 1. The lowest BCUT2D eigenvalue weighted by Crippen LogP contribution is -2.38. The molecule has 1 aliphatic rings. The molecule has 0 spiro atoms. The number of aliphatic hydroxyl groups excluding tert-OH is 1. The van der Waals surface area contributed by atoms with E-state index in [2.05, 4.69) is 0 Å². The summed E-state index contributed by atoms with van der Waals surface area (Å²) in [6.45, 7) is 3.68. The lowest BCUT2D eigenvalue weighted by molar-refractivity contribution is -0.127. The fourth-order valence-electron chi connectivity index (χ4n) is 2.84. The van der Waals surface area contributed by atoms with Gasteiger partial charge in [0.1, 0.15) is 5.75 Å². The molecule has 1 aromatic rings. The van der Waals surface area contributed by atoms with Crippen molar-refractivity contribution in [3.05, 3.63) is 41.5 Å². The third kappa shape index (κ3) is 4.34. The van der Waals surface area contributed by atoms with E-state index in [1.165, 1.54) is 0 Å². The molecule has 120 valence electrons. The van der Waals surface area contributed by atoms with Gasteiger partial charge in [-0.1, -0.05) is 23.8 Å². The fourth-order valence-corrected chi connectivity index (χ4v) is 2.84. The quantitative estimate of drug-likeness (QED) is 0.850. The van der Waals surface area contributed by atoms with Gasteiger partial charge >= 0.3 is 0 Å². The highest BCUT2D eigenvalue weighted by Gasteiger charge is 2.21. The molecule has 0 radical (unpaired) electrons. The number of carbonyl (C=O) groups excluding carboxylic acids is 1. The number of benzene rings is 1. The van der Waals surface area contributed by atoms with E-state index in [9.17, 15) is 4.79 Å². The largest absolute Gasteiger partial charge is 0.496 e. The zero-order valence-electron chi connectivity index (χ0n) is 13.4. The maximum Gasteiger partial charge on any atom is 0.246 e. The van der Waals surface area contributed by atoms with Gasteiger partial charge in [-0.25, -0.2) is 0 Å². The molecule has 0 aliphatic carbocycles. The lowest BCUT2D eigenvalue weighted by atomic mass is 9.97. The average molecular weight is 303 g/mol. The summed E-state index contributed by atoms with van der Waals surface area (Å²) >= 11 is 0. The maximum absolute atomic E-state index is 12.3. The van der Waals surface area contributed by atoms with Crippen molar-refractivity contribution in [1.29, 1.82) is 0 Å². The predicted octanol–water partition coefficient (Wildman–Crippen LogP) is 2.41. The first-order chi connectivity index (χ1) is 10.6. The number of nitrogens with zero attached hydrogens (tertiary/aromatic N) is 1. The second-order valence-corrected chi connectivity index (χ2v) is 5.93. The van der Waals surface area contributed by atoms with Crippen LogP contribution in [-0.4, -0.2) is 42.7 Å². The van der Waals surface area contributed by atoms with Gasteiger partial charge in [0.15, 0.2) is 0 Å². The monoisotopic (exact) mass is 303 g/mol. The molecule has 1 amide bonds. The summed E-state index contributed by atoms with van der Waals surface area (Å²) < 4.78 is 5.35. The SMILES string of the molecule is COc1ccccc1C/C(C)=C/C(=O)N1CCC(CO)CC1. The van der Waals surface area contributed by atoms with Gasteiger partial charge in [0.25, 0.3) is 0 Å². The molecule has 1 aliphatic heterocycles. The molecule has 1 saturated heterocycles. The topological polar surface area (TPSA) is 49.8 Å². The highest BCUT2D eigenvalue weighted by Crippen LogP contribution is 2.21. The first-order valence-corrected chi connectivity index (χ1v) is 7.83. The van der Waals surface area contributed by atoms with Gasteiger partial charge in [-0.05, 0) is 43.7 Å². The Morgan fingerprint density at radius 1 is 1.36 bits per heavy atom. The summed E-state index contributed by atoms with van der Waals surface area (Å²) in [5, 5.41) is 9.15. The Morgan fingerprint density at radius 3 is 2.68 bits per heavy atom. The van der Waals surface area contributed by atoms with E-state index < -0.39 is 0 Å². The molecule has 4 nitrogen and oxygen atoms in total. The highest BCUT2D eigenvalue weighted by molar-refractivity contribution is 5.88. The molecule has 1 N–H and O–H groups in total. The molecule has 0 bridgehead atoms. The van der Waals surface area contributed by atoms with Crippen LogP contribution in [0.3, 0.4) is 0 Å². The summed E-state index contributed by atoms with van der Waals surface area (Å²) in [7, 11) is 1.66. The molecule has 0 aromatic heterocycles. The minimum absolute atomic E-state index is 0.0730. The standard InChI is InChI=1S/C18H25NO3/c1-14(11-16-5-3-4-6-17(16)22-2)12-18(21)19-9-7-15(13-20)8-10-19/h3-6,12,15,20H,7-11,13H2,1-2H3/b14-12+. The van der Waals surface area contributed by atoms with Gasteiger partial charge in [-0.3, -0.25) is 4.79 Å². The Balaban J connectivity index is 1.95. The van der Waals surface area contributed by atoms with Crippen LogP contribution in [0, 0.1) is 5.92 Å². The molecule has 22 heavy (non-hydrogen) atoms. The van der Waals surface area contributed by atoms with E-state index in [0.717, 1.165) is 42.8 Å². The summed E-state index contributed by atoms with van der Waals surface area (Å²) in [5.41, 5.74) is 2.12. The summed E-state index contributed by atoms with van der Waals surface area (Å²) in [6.07, 6.45) is 4.22. The summed E-state index contributed by atoms with van der Waals surface area (Å²) in [5.74, 6) is 1.28. The maximum atomic E-state index is 12.3. The molecule has 0 atom stereocenters. The molecular formula is C18H25NO3. The minimum atomic E-state index is 0.0730. The number of para-hydroxylation sites is 1. The Morgan fingerprint density at radius 2 is 2.05 bits per heavy atom.